The number of alkyl halides is 2. The van der Waals surface area contributed by atoms with E-state index >= 15 is 0 Å². The van der Waals surface area contributed by atoms with Gasteiger partial charge in [-0.2, -0.15) is 14.0 Å². The molecule has 0 saturated carbocycles. The van der Waals surface area contributed by atoms with Crippen LogP contribution in [0.2, 0.25) is 0 Å². The highest BCUT2D eigenvalue weighted by Crippen LogP contribution is 2.35. The molecule has 0 aliphatic rings. The van der Waals surface area contributed by atoms with Gasteiger partial charge in [-0.05, 0) is 36.4 Å². The van der Waals surface area contributed by atoms with Gasteiger partial charge in [0.1, 0.15) is 17.6 Å². The number of hydrogen-bond donors (Lipinski definition) is 0. The quantitative estimate of drug-likeness (QED) is 0.818. The molecule has 2 rings (SSSR count). The van der Waals surface area contributed by atoms with E-state index in [9.17, 15) is 13.2 Å². The number of aromatic nitrogens is 1. The van der Waals surface area contributed by atoms with Crippen LogP contribution in [0.4, 0.5) is 13.2 Å². The molecule has 0 saturated heterocycles. The maximum Gasteiger partial charge on any atom is 0.298 e. The van der Waals surface area contributed by atoms with E-state index in [0.717, 1.165) is 42.6 Å². The predicted molar refractivity (Wildman–Crippen MR) is 58.3 cm³/mol. The fourth-order valence-electron chi connectivity index (χ4n) is 1.51. The highest BCUT2D eigenvalue weighted by Gasteiger charge is 2.34. The zero-order valence-electron chi connectivity index (χ0n) is 9.07. The molecule has 0 amide bonds. The molecule has 0 radical (unpaired) electrons. The third kappa shape index (κ3) is 2.18. The summed E-state index contributed by atoms with van der Waals surface area (Å²) >= 11 is 0. The number of hydrogen-bond acceptors (Lipinski definition) is 2. The Hall–Kier alpha value is -2.35. The van der Waals surface area contributed by atoms with Gasteiger partial charge in [-0.1, -0.05) is 0 Å². The van der Waals surface area contributed by atoms with Crippen LogP contribution >= 0.6 is 0 Å². The number of benzene rings is 1. The maximum absolute atomic E-state index is 14.1. The minimum Gasteiger partial charge on any atom is -0.246 e. The Morgan fingerprint density at radius 3 is 2.33 bits per heavy atom. The van der Waals surface area contributed by atoms with E-state index < -0.39 is 11.7 Å². The standard InChI is InChI=1S/C13H7F3N2/c14-11-3-1-9(2-4-11)13(15,16)10-5-6-18-12(7-10)8-17/h1-7H. The first-order valence-corrected chi connectivity index (χ1v) is 5.04. The lowest BCUT2D eigenvalue weighted by molar-refractivity contribution is 0.0426. The minimum absolute atomic E-state index is 0.0886. The van der Waals surface area contributed by atoms with Crippen LogP contribution in [0.3, 0.4) is 0 Å². The summed E-state index contributed by atoms with van der Waals surface area (Å²) in [5.74, 6) is -3.87. The monoisotopic (exact) mass is 248 g/mol. The summed E-state index contributed by atoms with van der Waals surface area (Å²) < 4.78 is 40.9. The molecule has 1 heterocycles. The molecule has 2 nitrogen and oxygen atoms in total. The topological polar surface area (TPSA) is 36.7 Å². The van der Waals surface area contributed by atoms with E-state index in [4.69, 9.17) is 5.26 Å². The van der Waals surface area contributed by atoms with Crippen LogP contribution in [-0.4, -0.2) is 4.98 Å². The Labute approximate surface area is 101 Å². The SMILES string of the molecule is N#Cc1cc(C(F)(F)c2ccc(F)cc2)ccn1. The molecule has 0 aliphatic carbocycles. The van der Waals surface area contributed by atoms with Crippen molar-refractivity contribution in [1.82, 2.24) is 4.98 Å². The molecule has 1 aromatic heterocycles. The molecule has 1 aromatic carbocycles. The van der Waals surface area contributed by atoms with Crippen LogP contribution in [0.25, 0.3) is 0 Å². The second-order valence-corrected chi connectivity index (χ2v) is 3.62. The normalized spacial score (nSPS) is 11.0. The van der Waals surface area contributed by atoms with Gasteiger partial charge >= 0.3 is 0 Å². The molecular weight excluding hydrogens is 241 g/mol. The molecule has 0 fully saturated rings. The molecule has 5 heteroatoms. The van der Waals surface area contributed by atoms with Gasteiger partial charge in [-0.3, -0.25) is 0 Å². The van der Waals surface area contributed by atoms with E-state index in [-0.39, 0.29) is 16.8 Å². The highest BCUT2D eigenvalue weighted by atomic mass is 19.3. The molecule has 0 N–H and O–H groups in total. The van der Waals surface area contributed by atoms with Crippen molar-refractivity contribution in [3.8, 4) is 6.07 Å². The maximum atomic E-state index is 14.1. The van der Waals surface area contributed by atoms with Gasteiger partial charge in [0.25, 0.3) is 5.92 Å². The minimum atomic E-state index is -3.29. The van der Waals surface area contributed by atoms with Crippen LogP contribution in [0.5, 0.6) is 0 Å². The average molecular weight is 248 g/mol. The van der Waals surface area contributed by atoms with Crippen LogP contribution < -0.4 is 0 Å². The fraction of sp³-hybridized carbons (Fsp3) is 0.0769. The first-order valence-electron chi connectivity index (χ1n) is 5.04. The molecule has 18 heavy (non-hydrogen) atoms. The number of pyridine rings is 1. The summed E-state index contributed by atoms with van der Waals surface area (Å²) in [6.07, 6.45) is 1.14. The molecular formula is C13H7F3N2. The van der Waals surface area contributed by atoms with Crippen LogP contribution in [0.15, 0.2) is 42.6 Å². The molecule has 0 atom stereocenters. The van der Waals surface area contributed by atoms with Crippen LogP contribution in [-0.2, 0) is 5.92 Å². The van der Waals surface area contributed by atoms with Gasteiger partial charge in [-0.15, -0.1) is 0 Å². The number of halogens is 3. The fourth-order valence-corrected chi connectivity index (χ4v) is 1.51. The van der Waals surface area contributed by atoms with Crippen molar-refractivity contribution < 1.29 is 13.2 Å². The number of nitriles is 1. The van der Waals surface area contributed by atoms with E-state index in [1.165, 1.54) is 0 Å². The van der Waals surface area contributed by atoms with Crippen molar-refractivity contribution in [1.29, 1.82) is 5.26 Å². The second-order valence-electron chi connectivity index (χ2n) is 3.62. The van der Waals surface area contributed by atoms with E-state index in [1.807, 2.05) is 0 Å². The lowest BCUT2D eigenvalue weighted by Crippen LogP contribution is -2.15. The first-order chi connectivity index (χ1) is 8.54. The summed E-state index contributed by atoms with van der Waals surface area (Å²) in [7, 11) is 0. The summed E-state index contributed by atoms with van der Waals surface area (Å²) in [5.41, 5.74) is -0.770. The van der Waals surface area contributed by atoms with E-state index in [2.05, 4.69) is 4.98 Å². The third-order valence-electron chi connectivity index (χ3n) is 2.44. The first kappa shape index (κ1) is 12.1. The smallest absolute Gasteiger partial charge is 0.246 e. The number of rotatable bonds is 2. The Bertz CT molecular complexity index is 600. The summed E-state index contributed by atoms with van der Waals surface area (Å²) in [4.78, 5) is 3.62. The van der Waals surface area contributed by atoms with Crippen molar-refractivity contribution in [2.45, 2.75) is 5.92 Å². The molecule has 90 valence electrons. The zero-order chi connectivity index (χ0) is 13.2. The predicted octanol–water partition coefficient (Wildman–Crippen LogP) is 3.23. The molecule has 0 bridgehead atoms. The van der Waals surface area contributed by atoms with Crippen LogP contribution in [0.1, 0.15) is 16.8 Å². The van der Waals surface area contributed by atoms with E-state index in [0.29, 0.717) is 0 Å². The molecule has 0 unspecified atom stereocenters. The summed E-state index contributed by atoms with van der Waals surface area (Å²) in [6, 6.07) is 7.81. The van der Waals surface area contributed by atoms with E-state index in [1.54, 1.807) is 6.07 Å². The lowest BCUT2D eigenvalue weighted by atomic mass is 10.0. The van der Waals surface area contributed by atoms with Crippen molar-refractivity contribution in [2.75, 3.05) is 0 Å². The highest BCUT2D eigenvalue weighted by molar-refractivity contribution is 5.36. The largest absolute Gasteiger partial charge is 0.298 e. The number of nitrogens with zero attached hydrogens (tertiary/aromatic N) is 2. The van der Waals surface area contributed by atoms with Gasteiger partial charge < -0.3 is 0 Å². The van der Waals surface area contributed by atoms with Crippen molar-refractivity contribution in [3.63, 3.8) is 0 Å². The summed E-state index contributed by atoms with van der Waals surface area (Å²) in [5, 5.41) is 8.63. The van der Waals surface area contributed by atoms with Gasteiger partial charge in [0, 0.05) is 17.3 Å². The van der Waals surface area contributed by atoms with Gasteiger partial charge in [-0.25, -0.2) is 9.37 Å². The van der Waals surface area contributed by atoms with Gasteiger partial charge in [0.05, 0.1) is 0 Å². The zero-order valence-corrected chi connectivity index (χ0v) is 9.07. The van der Waals surface area contributed by atoms with Crippen molar-refractivity contribution in [2.24, 2.45) is 0 Å². The molecule has 0 aliphatic heterocycles. The Morgan fingerprint density at radius 2 is 1.72 bits per heavy atom. The lowest BCUT2D eigenvalue weighted by Gasteiger charge is -2.17. The second kappa shape index (κ2) is 4.49. The molecule has 0 spiro atoms. The Morgan fingerprint density at radius 1 is 1.06 bits per heavy atom. The van der Waals surface area contributed by atoms with Crippen LogP contribution in [0, 0.1) is 17.1 Å². The average Bonchev–Trinajstić information content (AvgIpc) is 2.39. The summed E-state index contributed by atoms with van der Waals surface area (Å²) in [6.45, 7) is 0. The Kier molecular flexibility index (Phi) is 3.02. The van der Waals surface area contributed by atoms with Gasteiger partial charge in [0.15, 0.2) is 0 Å². The van der Waals surface area contributed by atoms with Crippen molar-refractivity contribution >= 4 is 0 Å². The Balaban J connectivity index is 2.47. The molecule has 2 aromatic rings. The third-order valence-corrected chi connectivity index (χ3v) is 2.44. The van der Waals surface area contributed by atoms with Crippen molar-refractivity contribution in [3.05, 3.63) is 65.2 Å². The van der Waals surface area contributed by atoms with Gasteiger partial charge in [0.2, 0.25) is 0 Å².